The van der Waals surface area contributed by atoms with Crippen LogP contribution in [0.5, 0.6) is 0 Å². The van der Waals surface area contributed by atoms with Crippen LogP contribution in [0.15, 0.2) is 46.6 Å². The predicted octanol–water partition coefficient (Wildman–Crippen LogP) is 5.35. The van der Waals surface area contributed by atoms with E-state index in [0.717, 1.165) is 25.8 Å². The molecular weight excluding hydrogens is 301 g/mol. The SMILES string of the molecule is CCc1cc(C)c2c(c1)CC\C=C/C(Cl)=C(Cl)\C=C\NC2. The van der Waals surface area contributed by atoms with Gasteiger partial charge in [-0.1, -0.05) is 48.3 Å². The first-order chi connectivity index (χ1) is 10.1. The molecule has 1 nitrogen and oxygen atoms in total. The molecule has 3 heteroatoms. The molecule has 0 fully saturated rings. The first kappa shape index (κ1) is 16.2. The van der Waals surface area contributed by atoms with E-state index in [0.29, 0.717) is 10.1 Å². The first-order valence-electron chi connectivity index (χ1n) is 7.34. The molecule has 1 N–H and O–H groups in total. The molecule has 0 spiro atoms. The number of aryl methyl sites for hydroxylation is 3. The summed E-state index contributed by atoms with van der Waals surface area (Å²) in [4.78, 5) is 0. The smallest absolute Gasteiger partial charge is 0.0606 e. The monoisotopic (exact) mass is 321 g/mol. The highest BCUT2D eigenvalue weighted by molar-refractivity contribution is 6.41. The molecule has 0 saturated heterocycles. The fourth-order valence-corrected chi connectivity index (χ4v) is 2.81. The summed E-state index contributed by atoms with van der Waals surface area (Å²) in [5.41, 5.74) is 5.56. The maximum absolute atomic E-state index is 6.12. The Morgan fingerprint density at radius 3 is 2.67 bits per heavy atom. The Hall–Kier alpha value is -1.18. The lowest BCUT2D eigenvalue weighted by Gasteiger charge is -2.15. The van der Waals surface area contributed by atoms with E-state index in [2.05, 4.69) is 37.4 Å². The number of rotatable bonds is 1. The zero-order chi connectivity index (χ0) is 15.2. The van der Waals surface area contributed by atoms with Gasteiger partial charge in [-0.05, 0) is 66.8 Å². The molecule has 0 radical (unpaired) electrons. The van der Waals surface area contributed by atoms with Gasteiger partial charge in [0, 0.05) is 6.54 Å². The van der Waals surface area contributed by atoms with E-state index in [1.807, 2.05) is 12.3 Å². The fraction of sp³-hybridized carbons (Fsp3) is 0.333. The van der Waals surface area contributed by atoms with E-state index in [1.54, 1.807) is 6.08 Å². The van der Waals surface area contributed by atoms with Crippen LogP contribution in [0, 0.1) is 6.92 Å². The van der Waals surface area contributed by atoms with Gasteiger partial charge in [-0.3, -0.25) is 0 Å². The molecule has 2 rings (SSSR count). The lowest BCUT2D eigenvalue weighted by molar-refractivity contribution is 0.831. The highest BCUT2D eigenvalue weighted by Crippen LogP contribution is 2.22. The predicted molar refractivity (Wildman–Crippen MR) is 92.7 cm³/mol. The van der Waals surface area contributed by atoms with Crippen LogP contribution < -0.4 is 5.32 Å². The summed E-state index contributed by atoms with van der Waals surface area (Å²) < 4.78 is 0. The van der Waals surface area contributed by atoms with Gasteiger partial charge in [0.25, 0.3) is 0 Å². The van der Waals surface area contributed by atoms with E-state index in [1.165, 1.54) is 22.3 Å². The van der Waals surface area contributed by atoms with E-state index in [-0.39, 0.29) is 0 Å². The summed E-state index contributed by atoms with van der Waals surface area (Å²) in [6.45, 7) is 5.20. The van der Waals surface area contributed by atoms with Gasteiger partial charge >= 0.3 is 0 Å². The normalized spacial score (nSPS) is 22.5. The number of allylic oxidation sites excluding steroid dienone is 5. The van der Waals surface area contributed by atoms with Gasteiger partial charge in [-0.2, -0.15) is 0 Å². The van der Waals surface area contributed by atoms with Crippen molar-refractivity contribution < 1.29 is 0 Å². The highest BCUT2D eigenvalue weighted by Gasteiger charge is 2.07. The van der Waals surface area contributed by atoms with Crippen molar-refractivity contribution in [1.82, 2.24) is 5.32 Å². The third-order valence-electron chi connectivity index (χ3n) is 3.73. The van der Waals surface area contributed by atoms with Gasteiger partial charge in [-0.25, -0.2) is 0 Å². The van der Waals surface area contributed by atoms with Crippen LogP contribution in [-0.4, -0.2) is 0 Å². The van der Waals surface area contributed by atoms with E-state index in [4.69, 9.17) is 23.2 Å². The number of hydrogen-bond acceptors (Lipinski definition) is 1. The molecule has 0 saturated carbocycles. The Morgan fingerprint density at radius 1 is 1.14 bits per heavy atom. The van der Waals surface area contributed by atoms with Crippen molar-refractivity contribution in [3.8, 4) is 0 Å². The second-order valence-corrected chi connectivity index (χ2v) is 6.07. The molecule has 1 heterocycles. The van der Waals surface area contributed by atoms with E-state index in [9.17, 15) is 0 Å². The van der Waals surface area contributed by atoms with Crippen molar-refractivity contribution in [1.29, 1.82) is 0 Å². The molecule has 112 valence electrons. The summed E-state index contributed by atoms with van der Waals surface area (Å²) in [5.74, 6) is 0. The van der Waals surface area contributed by atoms with Gasteiger partial charge in [-0.15, -0.1) is 0 Å². The summed E-state index contributed by atoms with van der Waals surface area (Å²) in [5, 5.41) is 4.44. The molecule has 0 atom stereocenters. The number of hydrogen-bond donors (Lipinski definition) is 1. The standard InChI is InChI=1S/C18H21Cl2N/c1-3-14-10-13(2)16-12-21-9-8-18(20)17(19)7-5-4-6-15(16)11-14/h5,7-11,21H,3-4,6,12H2,1-2H3/b7-5-,9-8+,18-17-. The Morgan fingerprint density at radius 2 is 1.90 bits per heavy atom. The average Bonchev–Trinajstić information content (AvgIpc) is 2.47. The van der Waals surface area contributed by atoms with Crippen molar-refractivity contribution in [3.05, 3.63) is 68.9 Å². The van der Waals surface area contributed by atoms with Crippen LogP contribution in [0.4, 0.5) is 0 Å². The minimum atomic E-state index is 0.555. The zero-order valence-corrected chi connectivity index (χ0v) is 14.1. The summed E-state index contributed by atoms with van der Waals surface area (Å²) in [6, 6.07) is 4.62. The van der Waals surface area contributed by atoms with Gasteiger partial charge in [0.15, 0.2) is 0 Å². The molecule has 0 bridgehead atoms. The third kappa shape index (κ3) is 4.39. The van der Waals surface area contributed by atoms with Crippen molar-refractivity contribution in [2.24, 2.45) is 0 Å². The Bertz CT molecular complexity index is 597. The molecule has 0 aliphatic carbocycles. The topological polar surface area (TPSA) is 12.0 Å². The molecule has 1 aromatic rings. The van der Waals surface area contributed by atoms with Crippen molar-refractivity contribution in [3.63, 3.8) is 0 Å². The van der Waals surface area contributed by atoms with Crippen molar-refractivity contribution >= 4 is 23.2 Å². The van der Waals surface area contributed by atoms with Gasteiger partial charge in [0.05, 0.1) is 10.1 Å². The molecule has 0 unspecified atom stereocenters. The second-order valence-electron chi connectivity index (χ2n) is 5.26. The minimum Gasteiger partial charge on any atom is -0.387 e. The van der Waals surface area contributed by atoms with Crippen LogP contribution in [-0.2, 0) is 19.4 Å². The number of nitrogens with one attached hydrogen (secondary N) is 1. The average molecular weight is 322 g/mol. The molecule has 21 heavy (non-hydrogen) atoms. The zero-order valence-electron chi connectivity index (χ0n) is 12.5. The van der Waals surface area contributed by atoms with Gasteiger partial charge in [0.1, 0.15) is 0 Å². The number of halogens is 2. The van der Waals surface area contributed by atoms with E-state index < -0.39 is 0 Å². The lowest BCUT2D eigenvalue weighted by atomic mass is 9.94. The quantitative estimate of drug-likeness (QED) is 0.734. The second kappa shape index (κ2) is 7.72. The van der Waals surface area contributed by atoms with Crippen LogP contribution in [0.1, 0.15) is 35.6 Å². The number of benzene rings is 1. The Balaban J connectivity index is 2.34. The molecular formula is C18H21Cl2N. The van der Waals surface area contributed by atoms with Crippen LogP contribution >= 0.6 is 23.2 Å². The fourth-order valence-electron chi connectivity index (χ4n) is 2.53. The summed E-state index contributed by atoms with van der Waals surface area (Å²) in [6.07, 6.45) is 10.7. The Labute approximate surface area is 137 Å². The highest BCUT2D eigenvalue weighted by atomic mass is 35.5. The van der Waals surface area contributed by atoms with E-state index >= 15 is 0 Å². The maximum Gasteiger partial charge on any atom is 0.0606 e. The minimum absolute atomic E-state index is 0.555. The van der Waals surface area contributed by atoms with Crippen LogP contribution in [0.2, 0.25) is 0 Å². The molecule has 0 aromatic heterocycles. The van der Waals surface area contributed by atoms with Crippen molar-refractivity contribution in [2.45, 2.75) is 39.7 Å². The summed E-state index contributed by atoms with van der Waals surface area (Å²) in [7, 11) is 0. The molecule has 1 aliphatic heterocycles. The first-order valence-corrected chi connectivity index (χ1v) is 8.10. The third-order valence-corrected chi connectivity index (χ3v) is 4.49. The van der Waals surface area contributed by atoms with Crippen molar-refractivity contribution in [2.75, 3.05) is 0 Å². The molecule has 1 aliphatic rings. The maximum atomic E-state index is 6.12. The molecule has 1 aromatic carbocycles. The van der Waals surface area contributed by atoms with Crippen LogP contribution in [0.25, 0.3) is 0 Å². The molecule has 0 amide bonds. The summed E-state index contributed by atoms with van der Waals surface area (Å²) >= 11 is 12.2. The van der Waals surface area contributed by atoms with Crippen LogP contribution in [0.3, 0.4) is 0 Å². The Kier molecular flexibility index (Phi) is 5.96. The van der Waals surface area contributed by atoms with Gasteiger partial charge < -0.3 is 5.32 Å². The lowest BCUT2D eigenvalue weighted by Crippen LogP contribution is -2.10. The number of fused-ring (bicyclic) bond motifs is 1. The largest absolute Gasteiger partial charge is 0.387 e. The van der Waals surface area contributed by atoms with Gasteiger partial charge in [0.2, 0.25) is 0 Å².